The first-order chi connectivity index (χ1) is 9.22. The van der Waals surface area contributed by atoms with E-state index in [4.69, 9.17) is 10.5 Å². The summed E-state index contributed by atoms with van der Waals surface area (Å²) in [7, 11) is 1.68. The van der Waals surface area contributed by atoms with Crippen molar-refractivity contribution in [3.8, 4) is 5.75 Å². The van der Waals surface area contributed by atoms with Crippen LogP contribution >= 0.6 is 0 Å². The summed E-state index contributed by atoms with van der Waals surface area (Å²) in [6.07, 6.45) is 7.13. The molecule has 0 atom stereocenters. The van der Waals surface area contributed by atoms with Crippen molar-refractivity contribution in [2.75, 3.05) is 13.7 Å². The summed E-state index contributed by atoms with van der Waals surface area (Å²) in [5, 5.41) is 0. The van der Waals surface area contributed by atoms with E-state index >= 15 is 0 Å². The molecule has 0 saturated heterocycles. The molecule has 1 saturated carbocycles. The second-order valence-corrected chi connectivity index (χ2v) is 5.94. The van der Waals surface area contributed by atoms with Gasteiger partial charge in [0.2, 0.25) is 0 Å². The summed E-state index contributed by atoms with van der Waals surface area (Å²) in [5.74, 6) is 0.867. The average molecular weight is 263 g/mol. The first-order valence-corrected chi connectivity index (χ1v) is 7.30. The van der Waals surface area contributed by atoms with Gasteiger partial charge in [-0.25, -0.2) is 4.39 Å². The van der Waals surface area contributed by atoms with Crippen LogP contribution in [-0.4, -0.2) is 13.7 Å². The van der Waals surface area contributed by atoms with Gasteiger partial charge in [-0.15, -0.1) is 0 Å². The van der Waals surface area contributed by atoms with Crippen molar-refractivity contribution in [2.45, 2.75) is 50.4 Å². The van der Waals surface area contributed by atoms with Gasteiger partial charge >= 0.3 is 0 Å². The van der Waals surface area contributed by atoms with Crippen molar-refractivity contribution in [1.29, 1.82) is 0 Å². The van der Waals surface area contributed by atoms with E-state index in [0.29, 0.717) is 6.54 Å². The Labute approximate surface area is 114 Å². The zero-order valence-corrected chi connectivity index (χ0v) is 11.6. The summed E-state index contributed by atoms with van der Waals surface area (Å²) >= 11 is 0. The minimum Gasteiger partial charge on any atom is -0.496 e. The molecule has 3 rings (SSSR count). The molecule has 1 aromatic rings. The van der Waals surface area contributed by atoms with E-state index in [2.05, 4.69) is 0 Å². The maximum absolute atomic E-state index is 14.9. The van der Waals surface area contributed by atoms with Gasteiger partial charge in [-0.2, -0.15) is 0 Å². The summed E-state index contributed by atoms with van der Waals surface area (Å²) in [6, 6.07) is 1.92. The van der Waals surface area contributed by atoms with Crippen LogP contribution in [0.25, 0.3) is 0 Å². The van der Waals surface area contributed by atoms with Crippen molar-refractivity contribution >= 4 is 0 Å². The Morgan fingerprint density at radius 2 is 1.89 bits per heavy atom. The van der Waals surface area contributed by atoms with E-state index < -0.39 is 0 Å². The minimum absolute atomic E-state index is 0.000602. The van der Waals surface area contributed by atoms with E-state index in [9.17, 15) is 4.39 Å². The Hall–Kier alpha value is -1.09. The molecule has 0 amide bonds. The normalized spacial score (nSPS) is 20.6. The van der Waals surface area contributed by atoms with Crippen molar-refractivity contribution in [2.24, 2.45) is 5.73 Å². The molecule has 2 N–H and O–H groups in total. The fourth-order valence-corrected chi connectivity index (χ4v) is 3.62. The zero-order valence-electron chi connectivity index (χ0n) is 11.6. The van der Waals surface area contributed by atoms with Gasteiger partial charge in [0.15, 0.2) is 0 Å². The third-order valence-corrected chi connectivity index (χ3v) is 5.03. The maximum atomic E-state index is 14.9. The molecule has 0 unspecified atom stereocenters. The Morgan fingerprint density at radius 3 is 2.42 bits per heavy atom. The van der Waals surface area contributed by atoms with Crippen molar-refractivity contribution in [3.05, 3.63) is 28.6 Å². The van der Waals surface area contributed by atoms with Crippen molar-refractivity contribution in [3.63, 3.8) is 0 Å². The fourth-order valence-electron chi connectivity index (χ4n) is 3.62. The zero-order chi connectivity index (χ0) is 13.5. The second kappa shape index (κ2) is 4.78. The number of benzene rings is 1. The molecule has 3 heteroatoms. The Kier molecular flexibility index (Phi) is 3.25. The van der Waals surface area contributed by atoms with Gasteiger partial charge in [-0.05, 0) is 55.7 Å². The van der Waals surface area contributed by atoms with E-state index in [1.165, 1.54) is 0 Å². The van der Waals surface area contributed by atoms with Gasteiger partial charge in [-0.1, -0.05) is 6.42 Å². The first-order valence-electron chi connectivity index (χ1n) is 7.30. The largest absolute Gasteiger partial charge is 0.496 e. The molecule has 1 fully saturated rings. The standard InChI is InChI=1S/C16H22FNO/c1-19-14-9-13(16(10-18)7-4-8-16)15(17)12-6-3-2-5-11(12)14/h9H,2-8,10,18H2,1H3. The van der Waals surface area contributed by atoms with E-state index in [0.717, 1.165) is 67.4 Å². The highest BCUT2D eigenvalue weighted by atomic mass is 19.1. The molecule has 0 heterocycles. The number of ether oxygens (including phenoxy) is 1. The number of hydrogen-bond donors (Lipinski definition) is 1. The van der Waals surface area contributed by atoms with Crippen molar-refractivity contribution < 1.29 is 9.13 Å². The molecular weight excluding hydrogens is 241 g/mol. The highest BCUT2D eigenvalue weighted by molar-refractivity contribution is 5.49. The minimum atomic E-state index is -0.135. The lowest BCUT2D eigenvalue weighted by molar-refractivity contribution is 0.242. The third kappa shape index (κ3) is 1.86. The third-order valence-electron chi connectivity index (χ3n) is 5.03. The Balaban J connectivity index is 2.15. The summed E-state index contributed by atoms with van der Waals surface area (Å²) in [5.41, 5.74) is 8.57. The van der Waals surface area contributed by atoms with Crippen LogP contribution in [0.1, 0.15) is 48.8 Å². The molecular formula is C16H22FNO. The van der Waals surface area contributed by atoms with Gasteiger partial charge in [0.05, 0.1) is 7.11 Å². The maximum Gasteiger partial charge on any atom is 0.130 e. The van der Waals surface area contributed by atoms with Crippen LogP contribution in [-0.2, 0) is 18.3 Å². The van der Waals surface area contributed by atoms with Gasteiger partial charge in [-0.3, -0.25) is 0 Å². The van der Waals surface area contributed by atoms with Gasteiger partial charge in [0.1, 0.15) is 11.6 Å². The number of fused-ring (bicyclic) bond motifs is 1. The molecule has 2 aliphatic rings. The topological polar surface area (TPSA) is 35.2 Å². The number of halogens is 1. The van der Waals surface area contributed by atoms with Gasteiger partial charge < -0.3 is 10.5 Å². The molecule has 2 nitrogen and oxygen atoms in total. The average Bonchev–Trinajstić information content (AvgIpc) is 2.41. The molecule has 1 aromatic carbocycles. The van der Waals surface area contributed by atoms with Crippen LogP contribution in [0.3, 0.4) is 0 Å². The van der Waals surface area contributed by atoms with Gasteiger partial charge in [0.25, 0.3) is 0 Å². The van der Waals surface area contributed by atoms with Crippen LogP contribution in [0.15, 0.2) is 6.07 Å². The van der Waals surface area contributed by atoms with Gasteiger partial charge in [0, 0.05) is 17.5 Å². The predicted octanol–water partition coefficient (Wildman–Crippen LogP) is 3.09. The summed E-state index contributed by atoms with van der Waals surface area (Å²) in [4.78, 5) is 0. The van der Waals surface area contributed by atoms with Crippen molar-refractivity contribution in [1.82, 2.24) is 0 Å². The molecule has 0 radical (unpaired) electrons. The number of hydrogen-bond acceptors (Lipinski definition) is 2. The molecule has 0 bridgehead atoms. The fraction of sp³-hybridized carbons (Fsp3) is 0.625. The lowest BCUT2D eigenvalue weighted by Gasteiger charge is -2.42. The van der Waals surface area contributed by atoms with E-state index in [1.807, 2.05) is 6.07 Å². The number of methoxy groups -OCH3 is 1. The lowest BCUT2D eigenvalue weighted by Crippen LogP contribution is -2.42. The number of nitrogens with two attached hydrogens (primary N) is 1. The van der Waals surface area contributed by atoms with Crippen LogP contribution in [0.2, 0.25) is 0 Å². The predicted molar refractivity (Wildman–Crippen MR) is 74.2 cm³/mol. The smallest absolute Gasteiger partial charge is 0.130 e. The quantitative estimate of drug-likeness (QED) is 0.909. The lowest BCUT2D eigenvalue weighted by atomic mass is 9.63. The SMILES string of the molecule is COc1cc(C2(CN)CCC2)c(F)c2c1CCCC2. The van der Waals surface area contributed by atoms with E-state index in [-0.39, 0.29) is 11.2 Å². The molecule has 0 spiro atoms. The van der Waals surface area contributed by atoms with Crippen LogP contribution in [0.5, 0.6) is 5.75 Å². The molecule has 2 aliphatic carbocycles. The number of rotatable bonds is 3. The summed E-state index contributed by atoms with van der Waals surface area (Å²) in [6.45, 7) is 0.534. The molecule has 0 aliphatic heterocycles. The molecule has 104 valence electrons. The monoisotopic (exact) mass is 263 g/mol. The Bertz CT molecular complexity index is 489. The van der Waals surface area contributed by atoms with Crippen LogP contribution < -0.4 is 10.5 Å². The molecule has 19 heavy (non-hydrogen) atoms. The van der Waals surface area contributed by atoms with Crippen LogP contribution in [0.4, 0.5) is 4.39 Å². The van der Waals surface area contributed by atoms with Crippen LogP contribution in [0, 0.1) is 5.82 Å². The van der Waals surface area contributed by atoms with E-state index in [1.54, 1.807) is 7.11 Å². The highest BCUT2D eigenvalue weighted by Gasteiger charge is 2.41. The second-order valence-electron chi connectivity index (χ2n) is 5.94. The Morgan fingerprint density at radius 1 is 1.21 bits per heavy atom. The highest BCUT2D eigenvalue weighted by Crippen LogP contribution is 2.47. The molecule has 0 aromatic heterocycles. The first kappa shape index (κ1) is 12.9. The summed E-state index contributed by atoms with van der Waals surface area (Å²) < 4.78 is 20.4.